The average molecular weight is 845 g/mol. The van der Waals surface area contributed by atoms with E-state index in [1.165, 1.54) is 0 Å². The maximum Gasteiger partial charge on any atom is 0.678 e. The van der Waals surface area contributed by atoms with E-state index < -0.39 is 7.40 Å². The van der Waals surface area contributed by atoms with Gasteiger partial charge in [0.15, 0.2) is 0 Å². The first-order valence-electron chi connectivity index (χ1n) is 20.4. The smallest absolute Gasteiger partial charge is 0.491 e. The number of aliphatic imine (C=N–C) groups is 1. The number of benzene rings is 3. The molecule has 4 aromatic rings. The van der Waals surface area contributed by atoms with Gasteiger partial charge in [-0.1, -0.05) is 72.2 Å². The lowest BCUT2D eigenvalue weighted by Gasteiger charge is -2.19. The highest BCUT2D eigenvalue weighted by Crippen LogP contribution is 2.38. The van der Waals surface area contributed by atoms with Gasteiger partial charge in [0.2, 0.25) is 0 Å². The largest absolute Gasteiger partial charge is 0.678 e. The van der Waals surface area contributed by atoms with Crippen LogP contribution in [0.4, 0.5) is 20.0 Å². The summed E-state index contributed by atoms with van der Waals surface area (Å²) in [6.45, 7) is 7.92. The number of hydrogen-bond acceptors (Lipinski definition) is 7. The standard InChI is InChI=1S/C52H51BF2N4O4/c1-8-28-57(29-9-2)46-21-13-42(14-22-46)12-20-45-38-40(5)51(56-45)50(44-18-26-49(27-19-44)63-37-36-62-35-34-61-33-32-60-7)52-41(6)39-48(59(52)53(54)55)25-17-43-15-23-47(24-16-43)58(30-10-3)31-11-4/h1-4,12-27,38-39H,28-37H2,5-7H3/b20-12+,25-17+,51-50-. The molecule has 8 nitrogen and oxygen atoms in total. The van der Waals surface area contributed by atoms with Crippen molar-refractivity contribution in [2.45, 2.75) is 13.8 Å². The minimum Gasteiger partial charge on any atom is -0.491 e. The van der Waals surface area contributed by atoms with Gasteiger partial charge in [0.1, 0.15) is 12.4 Å². The molecule has 0 amide bonds. The molecule has 0 spiro atoms. The molecule has 0 radical (unpaired) electrons. The van der Waals surface area contributed by atoms with E-state index in [4.69, 9.17) is 49.6 Å². The van der Waals surface area contributed by atoms with Crippen molar-refractivity contribution in [1.29, 1.82) is 0 Å². The normalized spacial score (nSPS) is 12.9. The molecule has 0 saturated heterocycles. The van der Waals surface area contributed by atoms with Gasteiger partial charge in [-0.3, -0.25) is 8.63 Å². The average Bonchev–Trinajstić information content (AvgIpc) is 3.83. The molecule has 5 rings (SSSR count). The van der Waals surface area contributed by atoms with Gasteiger partial charge in [-0.15, -0.1) is 25.7 Å². The second kappa shape index (κ2) is 24.5. The molecule has 63 heavy (non-hydrogen) atoms. The fraction of sp³-hybridized carbons (Fsp3) is 0.250. The van der Waals surface area contributed by atoms with Crippen molar-refractivity contribution < 1.29 is 27.6 Å². The van der Waals surface area contributed by atoms with Crippen molar-refractivity contribution in [2.24, 2.45) is 4.99 Å². The van der Waals surface area contributed by atoms with E-state index in [1.807, 2.05) is 115 Å². The van der Waals surface area contributed by atoms with E-state index in [0.717, 1.165) is 32.6 Å². The minimum absolute atomic E-state index is 0.323. The number of methoxy groups -OCH3 is 1. The summed E-state index contributed by atoms with van der Waals surface area (Å²) in [6, 6.07) is 24.7. The highest BCUT2D eigenvalue weighted by atomic mass is 19.2. The van der Waals surface area contributed by atoms with Crippen molar-refractivity contribution in [2.75, 3.05) is 82.7 Å². The van der Waals surface area contributed by atoms with E-state index in [9.17, 15) is 0 Å². The zero-order chi connectivity index (χ0) is 45.0. The highest BCUT2D eigenvalue weighted by Gasteiger charge is 2.30. The third kappa shape index (κ3) is 13.3. The van der Waals surface area contributed by atoms with E-state index in [-0.39, 0.29) is 0 Å². The molecular formula is C52H51BF2N4O4. The molecule has 0 N–H and O–H groups in total. The Kier molecular flexibility index (Phi) is 18.3. The number of rotatable bonds is 23. The summed E-state index contributed by atoms with van der Waals surface area (Å²) in [5.74, 6) is 11.2. The predicted molar refractivity (Wildman–Crippen MR) is 256 cm³/mol. The Labute approximate surface area is 371 Å². The Morgan fingerprint density at radius 2 is 1.19 bits per heavy atom. The first-order valence-corrected chi connectivity index (χ1v) is 20.4. The van der Waals surface area contributed by atoms with Gasteiger partial charge in [-0.25, -0.2) is 4.99 Å². The SMILES string of the molecule is C#CCN(CC#C)c1ccc(/C=C/C2=NC(=C(/c3ccc(OCCOCCOCCOC)cc3)c3c(C)cc(/C=C/c4ccc(N(CC#C)CC#C)cc4)n3B(F)F)/C(C)=C2)cc1. The van der Waals surface area contributed by atoms with Crippen molar-refractivity contribution in [1.82, 2.24) is 4.48 Å². The predicted octanol–water partition coefficient (Wildman–Crippen LogP) is 8.82. The third-order valence-electron chi connectivity index (χ3n) is 9.89. The van der Waals surface area contributed by atoms with Crippen LogP contribution in [-0.2, 0) is 14.2 Å². The van der Waals surface area contributed by atoms with Gasteiger partial charge in [-0.2, -0.15) is 0 Å². The zero-order valence-corrected chi connectivity index (χ0v) is 36.0. The minimum atomic E-state index is -2.87. The van der Waals surface area contributed by atoms with Gasteiger partial charge in [0, 0.05) is 35.4 Å². The molecule has 0 saturated carbocycles. The molecule has 1 aliphatic heterocycles. The molecule has 0 aliphatic carbocycles. The second-order valence-corrected chi connectivity index (χ2v) is 14.3. The molecule has 1 aromatic heterocycles. The van der Waals surface area contributed by atoms with Crippen LogP contribution in [0.5, 0.6) is 5.75 Å². The van der Waals surface area contributed by atoms with Crippen LogP contribution in [-0.4, -0.2) is 90.5 Å². The third-order valence-corrected chi connectivity index (χ3v) is 9.89. The van der Waals surface area contributed by atoms with E-state index in [0.29, 0.717) is 111 Å². The van der Waals surface area contributed by atoms with Crippen LogP contribution in [0.1, 0.15) is 40.6 Å². The summed E-state index contributed by atoms with van der Waals surface area (Å²) in [5, 5.41) is 0. The number of nitrogens with zero attached hydrogens (tertiary/aromatic N) is 4. The Balaban J connectivity index is 1.48. The quantitative estimate of drug-likeness (QED) is 0.0423. The first kappa shape index (κ1) is 47.1. The summed E-state index contributed by atoms with van der Waals surface area (Å²) in [5.41, 5.74) is 8.23. The summed E-state index contributed by atoms with van der Waals surface area (Å²) < 4.78 is 53.9. The van der Waals surface area contributed by atoms with Crippen molar-refractivity contribution in [3.05, 3.63) is 136 Å². The van der Waals surface area contributed by atoms with Gasteiger partial charge >= 0.3 is 7.40 Å². The molecule has 0 bridgehead atoms. The molecule has 320 valence electrons. The van der Waals surface area contributed by atoms with Crippen LogP contribution in [0.2, 0.25) is 0 Å². The molecular weight excluding hydrogens is 793 g/mol. The van der Waals surface area contributed by atoms with Crippen LogP contribution in [0, 0.1) is 56.3 Å². The lowest BCUT2D eigenvalue weighted by Crippen LogP contribution is -2.23. The Morgan fingerprint density at radius 1 is 0.683 bits per heavy atom. The summed E-state index contributed by atoms with van der Waals surface area (Å²) in [7, 11) is -1.24. The Morgan fingerprint density at radius 3 is 1.70 bits per heavy atom. The van der Waals surface area contributed by atoms with E-state index >= 15 is 8.63 Å². The highest BCUT2D eigenvalue weighted by molar-refractivity contribution is 6.42. The first-order chi connectivity index (χ1) is 30.7. The van der Waals surface area contributed by atoms with Gasteiger partial charge in [0.25, 0.3) is 0 Å². The summed E-state index contributed by atoms with van der Waals surface area (Å²) in [6.07, 6.45) is 31.5. The molecule has 0 unspecified atom stereocenters. The van der Waals surface area contributed by atoms with Crippen molar-refractivity contribution in [3.63, 3.8) is 0 Å². The fourth-order valence-electron chi connectivity index (χ4n) is 6.87. The topological polar surface area (TPSA) is 60.7 Å². The second-order valence-electron chi connectivity index (χ2n) is 14.3. The zero-order valence-electron chi connectivity index (χ0n) is 36.0. The number of anilines is 2. The number of aryl methyl sites for hydroxylation is 1. The lowest BCUT2D eigenvalue weighted by molar-refractivity contribution is 0.0180. The van der Waals surface area contributed by atoms with Crippen LogP contribution in [0.25, 0.3) is 23.8 Å². The maximum absolute atomic E-state index is 15.4. The Bertz CT molecular complexity index is 2440. The number of terminal acetylenes is 4. The molecule has 1 aliphatic rings. The number of ether oxygens (including phenoxy) is 4. The van der Waals surface area contributed by atoms with Crippen molar-refractivity contribution in [3.8, 4) is 55.1 Å². The maximum atomic E-state index is 15.4. The molecule has 11 heteroatoms. The van der Waals surface area contributed by atoms with E-state index in [2.05, 4.69) is 23.7 Å². The molecule has 0 fully saturated rings. The fourth-order valence-corrected chi connectivity index (χ4v) is 6.87. The Hall–Kier alpha value is -6.99. The van der Waals surface area contributed by atoms with Gasteiger partial charge in [0.05, 0.1) is 70.6 Å². The number of halogens is 2. The van der Waals surface area contributed by atoms with Crippen LogP contribution >= 0.6 is 0 Å². The van der Waals surface area contributed by atoms with Crippen LogP contribution in [0.3, 0.4) is 0 Å². The van der Waals surface area contributed by atoms with Crippen molar-refractivity contribution >= 4 is 48.3 Å². The lowest BCUT2D eigenvalue weighted by atomic mass is 9.94. The number of hydrogen-bond donors (Lipinski definition) is 0. The van der Waals surface area contributed by atoms with Crippen LogP contribution in [0.15, 0.2) is 107 Å². The summed E-state index contributed by atoms with van der Waals surface area (Å²) >= 11 is 0. The number of aromatic nitrogens is 1. The summed E-state index contributed by atoms with van der Waals surface area (Å²) in [4.78, 5) is 8.88. The molecule has 2 heterocycles. The molecule has 0 atom stereocenters. The van der Waals surface area contributed by atoms with Crippen LogP contribution < -0.4 is 14.5 Å². The molecule has 3 aromatic carbocycles. The number of allylic oxidation sites excluding steroid dienone is 3. The van der Waals surface area contributed by atoms with E-state index in [1.54, 1.807) is 25.3 Å². The van der Waals surface area contributed by atoms with Gasteiger partial charge in [-0.05, 0) is 102 Å². The monoisotopic (exact) mass is 844 g/mol. The van der Waals surface area contributed by atoms with Gasteiger partial charge < -0.3 is 33.2 Å².